The van der Waals surface area contributed by atoms with Gasteiger partial charge in [0.25, 0.3) is 0 Å². The maximum Gasteiger partial charge on any atom is 0.164 e. The fourth-order valence-corrected chi connectivity index (χ4v) is 2.40. The van der Waals surface area contributed by atoms with Crippen molar-refractivity contribution < 1.29 is 4.79 Å². The molecule has 0 bridgehead atoms. The summed E-state index contributed by atoms with van der Waals surface area (Å²) in [7, 11) is 0. The number of rotatable bonds is 5. The molecule has 2 nitrogen and oxygen atoms in total. The van der Waals surface area contributed by atoms with E-state index in [0.717, 1.165) is 12.1 Å². The van der Waals surface area contributed by atoms with Gasteiger partial charge in [-0.25, -0.2) is 0 Å². The standard InChI is InChI=1S/C17H25NO/c1-17(2,3)18-11-10-16(19)15-9-5-8-14(12-15)13-6-4-7-13/h5,8-9,12-13,18H,4,6-7,10-11H2,1-3H3. The van der Waals surface area contributed by atoms with E-state index in [-0.39, 0.29) is 11.3 Å². The number of Topliss-reactive ketones (excluding diaryl/α,β-unsaturated/α-hetero) is 1. The highest BCUT2D eigenvalue weighted by Gasteiger charge is 2.20. The number of hydrogen-bond donors (Lipinski definition) is 1. The Labute approximate surface area is 116 Å². The summed E-state index contributed by atoms with van der Waals surface area (Å²) < 4.78 is 0. The molecule has 0 aliphatic heterocycles. The number of carbonyl (C=O) groups excluding carboxylic acids is 1. The molecule has 104 valence electrons. The van der Waals surface area contributed by atoms with Crippen molar-refractivity contribution in [1.82, 2.24) is 5.32 Å². The molecule has 1 aromatic rings. The van der Waals surface area contributed by atoms with E-state index < -0.39 is 0 Å². The minimum absolute atomic E-state index is 0.0774. The highest BCUT2D eigenvalue weighted by molar-refractivity contribution is 5.96. The Hall–Kier alpha value is -1.15. The lowest BCUT2D eigenvalue weighted by Gasteiger charge is -2.26. The maximum atomic E-state index is 12.2. The van der Waals surface area contributed by atoms with Gasteiger partial charge in [0.1, 0.15) is 0 Å². The molecule has 1 aliphatic rings. The molecule has 2 rings (SSSR count). The normalized spacial score (nSPS) is 16.2. The molecule has 1 aromatic carbocycles. The fourth-order valence-electron chi connectivity index (χ4n) is 2.40. The van der Waals surface area contributed by atoms with Gasteiger partial charge >= 0.3 is 0 Å². The van der Waals surface area contributed by atoms with E-state index in [1.54, 1.807) is 0 Å². The molecule has 2 heteroatoms. The number of hydrogen-bond acceptors (Lipinski definition) is 2. The van der Waals surface area contributed by atoms with Crippen LogP contribution in [0.25, 0.3) is 0 Å². The highest BCUT2D eigenvalue weighted by atomic mass is 16.1. The van der Waals surface area contributed by atoms with Gasteiger partial charge in [-0.1, -0.05) is 24.6 Å². The molecule has 0 amide bonds. The van der Waals surface area contributed by atoms with Crippen LogP contribution in [0.15, 0.2) is 24.3 Å². The second-order valence-electron chi connectivity index (χ2n) is 6.60. The van der Waals surface area contributed by atoms with Crippen LogP contribution in [0.5, 0.6) is 0 Å². The highest BCUT2D eigenvalue weighted by Crippen LogP contribution is 2.36. The average molecular weight is 259 g/mol. The Morgan fingerprint density at radius 3 is 2.63 bits per heavy atom. The van der Waals surface area contributed by atoms with Gasteiger partial charge in [0.05, 0.1) is 0 Å². The lowest BCUT2D eigenvalue weighted by molar-refractivity contribution is 0.0980. The minimum atomic E-state index is 0.0774. The van der Waals surface area contributed by atoms with E-state index in [1.165, 1.54) is 24.8 Å². The first-order valence-electron chi connectivity index (χ1n) is 7.34. The lowest BCUT2D eigenvalue weighted by Crippen LogP contribution is -2.37. The van der Waals surface area contributed by atoms with Crippen molar-refractivity contribution in [3.05, 3.63) is 35.4 Å². The summed E-state index contributed by atoms with van der Waals surface area (Å²) in [5.74, 6) is 0.943. The molecule has 0 unspecified atom stereocenters. The van der Waals surface area contributed by atoms with Crippen LogP contribution in [0.1, 0.15) is 68.3 Å². The van der Waals surface area contributed by atoms with Crippen LogP contribution in [-0.4, -0.2) is 17.9 Å². The Morgan fingerprint density at radius 2 is 2.05 bits per heavy atom. The Kier molecular flexibility index (Phi) is 4.41. The molecule has 0 atom stereocenters. The van der Waals surface area contributed by atoms with Crippen LogP contribution in [0, 0.1) is 0 Å². The molecule has 1 saturated carbocycles. The van der Waals surface area contributed by atoms with Crippen molar-refractivity contribution in [2.45, 2.75) is 57.9 Å². The summed E-state index contributed by atoms with van der Waals surface area (Å²) in [6, 6.07) is 8.23. The van der Waals surface area contributed by atoms with Gasteiger partial charge in [0.2, 0.25) is 0 Å². The van der Waals surface area contributed by atoms with Crippen molar-refractivity contribution in [2.75, 3.05) is 6.54 Å². The molecular weight excluding hydrogens is 234 g/mol. The van der Waals surface area contributed by atoms with Crippen LogP contribution in [0.2, 0.25) is 0 Å². The third-order valence-corrected chi connectivity index (χ3v) is 3.79. The average Bonchev–Trinajstić information content (AvgIpc) is 2.25. The van der Waals surface area contributed by atoms with Gasteiger partial charge in [-0.05, 0) is 51.2 Å². The summed E-state index contributed by atoms with van der Waals surface area (Å²) in [5, 5.41) is 3.36. The fraction of sp³-hybridized carbons (Fsp3) is 0.588. The quantitative estimate of drug-likeness (QED) is 0.812. The first-order valence-corrected chi connectivity index (χ1v) is 7.34. The van der Waals surface area contributed by atoms with Crippen LogP contribution in [0.3, 0.4) is 0 Å². The van der Waals surface area contributed by atoms with Crippen molar-refractivity contribution >= 4 is 5.78 Å². The van der Waals surface area contributed by atoms with Gasteiger partial charge < -0.3 is 5.32 Å². The summed E-state index contributed by atoms with van der Waals surface area (Å²) in [6.07, 6.45) is 4.47. The summed E-state index contributed by atoms with van der Waals surface area (Å²) in [4.78, 5) is 12.2. The number of carbonyl (C=O) groups is 1. The van der Waals surface area contributed by atoms with Gasteiger partial charge in [-0.2, -0.15) is 0 Å². The molecule has 0 saturated heterocycles. The Bertz CT molecular complexity index is 441. The van der Waals surface area contributed by atoms with Crippen LogP contribution < -0.4 is 5.32 Å². The van der Waals surface area contributed by atoms with Gasteiger partial charge in [-0.3, -0.25) is 4.79 Å². The van der Waals surface area contributed by atoms with Gasteiger partial charge in [-0.15, -0.1) is 0 Å². The SMILES string of the molecule is CC(C)(C)NCCC(=O)c1cccc(C2CCC2)c1. The largest absolute Gasteiger partial charge is 0.312 e. The Balaban J connectivity index is 1.91. The van der Waals surface area contributed by atoms with E-state index in [2.05, 4.69) is 38.2 Å². The van der Waals surface area contributed by atoms with Crippen molar-refractivity contribution in [3.63, 3.8) is 0 Å². The summed E-state index contributed by atoms with van der Waals surface area (Å²) in [6.45, 7) is 7.11. The monoisotopic (exact) mass is 259 g/mol. The van der Waals surface area contributed by atoms with Crippen molar-refractivity contribution in [2.24, 2.45) is 0 Å². The van der Waals surface area contributed by atoms with E-state index in [1.807, 2.05) is 12.1 Å². The molecule has 0 radical (unpaired) electrons. The first kappa shape index (κ1) is 14.3. The molecule has 1 fully saturated rings. The van der Waals surface area contributed by atoms with Gasteiger partial charge in [0.15, 0.2) is 5.78 Å². The first-order chi connectivity index (χ1) is 8.96. The third-order valence-electron chi connectivity index (χ3n) is 3.79. The maximum absolute atomic E-state index is 12.2. The smallest absolute Gasteiger partial charge is 0.164 e. The zero-order chi connectivity index (χ0) is 13.9. The zero-order valence-electron chi connectivity index (χ0n) is 12.3. The van der Waals surface area contributed by atoms with Gasteiger partial charge in [0, 0.05) is 24.1 Å². The molecule has 1 aliphatic carbocycles. The molecular formula is C17H25NO. The van der Waals surface area contributed by atoms with Crippen molar-refractivity contribution in [1.29, 1.82) is 0 Å². The summed E-state index contributed by atoms with van der Waals surface area (Å²) in [5.41, 5.74) is 2.30. The minimum Gasteiger partial charge on any atom is -0.312 e. The summed E-state index contributed by atoms with van der Waals surface area (Å²) >= 11 is 0. The van der Waals surface area contributed by atoms with E-state index in [9.17, 15) is 4.79 Å². The second-order valence-corrected chi connectivity index (χ2v) is 6.60. The molecule has 19 heavy (non-hydrogen) atoms. The molecule has 0 spiro atoms. The molecule has 0 heterocycles. The van der Waals surface area contributed by atoms with Crippen LogP contribution in [-0.2, 0) is 0 Å². The predicted molar refractivity (Wildman–Crippen MR) is 79.7 cm³/mol. The van der Waals surface area contributed by atoms with Crippen molar-refractivity contribution in [3.8, 4) is 0 Å². The van der Waals surface area contributed by atoms with E-state index in [0.29, 0.717) is 12.3 Å². The van der Waals surface area contributed by atoms with E-state index >= 15 is 0 Å². The number of ketones is 1. The predicted octanol–water partition coefficient (Wildman–Crippen LogP) is 3.92. The van der Waals surface area contributed by atoms with Crippen LogP contribution in [0.4, 0.5) is 0 Å². The molecule has 0 aromatic heterocycles. The second kappa shape index (κ2) is 5.87. The van der Waals surface area contributed by atoms with Crippen LogP contribution >= 0.6 is 0 Å². The zero-order valence-corrected chi connectivity index (χ0v) is 12.3. The lowest BCUT2D eigenvalue weighted by atomic mass is 9.79. The number of nitrogens with one attached hydrogen (secondary N) is 1. The molecule has 1 N–H and O–H groups in total. The number of benzene rings is 1. The van der Waals surface area contributed by atoms with E-state index in [4.69, 9.17) is 0 Å². The topological polar surface area (TPSA) is 29.1 Å². The Morgan fingerprint density at radius 1 is 1.32 bits per heavy atom. The third kappa shape index (κ3) is 4.17.